The van der Waals surface area contributed by atoms with Crippen molar-refractivity contribution in [2.45, 2.75) is 77.7 Å². The molecular formula is C29H34F3NO5. The van der Waals surface area contributed by atoms with E-state index in [-0.39, 0.29) is 35.5 Å². The van der Waals surface area contributed by atoms with Crippen molar-refractivity contribution in [2.75, 3.05) is 6.61 Å². The summed E-state index contributed by atoms with van der Waals surface area (Å²) in [5.41, 5.74) is -2.98. The molecule has 206 valence electrons. The van der Waals surface area contributed by atoms with E-state index in [1.165, 1.54) is 0 Å². The fourth-order valence-corrected chi connectivity index (χ4v) is 8.07. The number of alkyl halides is 3. The predicted molar refractivity (Wildman–Crippen MR) is 131 cm³/mol. The van der Waals surface area contributed by atoms with E-state index < -0.39 is 46.7 Å². The van der Waals surface area contributed by atoms with Crippen molar-refractivity contribution < 1.29 is 37.3 Å². The highest BCUT2D eigenvalue weighted by atomic mass is 19.4. The smallest absolute Gasteiger partial charge is 0.416 e. The molecule has 2 heterocycles. The molecule has 0 unspecified atom stereocenters. The summed E-state index contributed by atoms with van der Waals surface area (Å²) in [6, 6.07) is 1.69. The van der Waals surface area contributed by atoms with Crippen LogP contribution in [0.5, 0.6) is 5.88 Å². The number of ketones is 1. The lowest BCUT2D eigenvalue weighted by Crippen LogP contribution is -2.68. The molecule has 3 fully saturated rings. The number of fused-ring (bicyclic) bond motifs is 5. The number of hydrogen-bond donors (Lipinski definition) is 1. The zero-order chi connectivity index (χ0) is 27.6. The van der Waals surface area contributed by atoms with Crippen LogP contribution in [0, 0.1) is 34.5 Å². The maximum absolute atomic E-state index is 14.7. The molecule has 1 N–H and O–H groups in total. The van der Waals surface area contributed by atoms with Crippen LogP contribution in [0.25, 0.3) is 0 Å². The minimum Gasteiger partial charge on any atom is -0.467 e. The Balaban J connectivity index is 1.52. The van der Waals surface area contributed by atoms with Crippen LogP contribution in [0.4, 0.5) is 13.2 Å². The quantitative estimate of drug-likeness (QED) is 0.533. The van der Waals surface area contributed by atoms with Gasteiger partial charge >= 0.3 is 6.18 Å². The van der Waals surface area contributed by atoms with Gasteiger partial charge in [-0.1, -0.05) is 32.9 Å². The fraction of sp³-hybridized carbons (Fsp3) is 0.655. The van der Waals surface area contributed by atoms with Crippen LogP contribution in [0.15, 0.2) is 41.6 Å². The molecule has 6 rings (SSSR count). The van der Waals surface area contributed by atoms with Crippen molar-refractivity contribution in [3.63, 3.8) is 0 Å². The summed E-state index contributed by atoms with van der Waals surface area (Å²) < 4.78 is 58.8. The molecule has 8 atom stereocenters. The third-order valence-corrected chi connectivity index (χ3v) is 9.97. The first-order chi connectivity index (χ1) is 17.5. The van der Waals surface area contributed by atoms with Gasteiger partial charge in [-0.2, -0.15) is 13.2 Å². The highest BCUT2D eigenvalue weighted by Gasteiger charge is 2.77. The molecule has 1 saturated heterocycles. The van der Waals surface area contributed by atoms with Gasteiger partial charge in [0.1, 0.15) is 6.10 Å². The molecule has 5 aliphatic rings. The summed E-state index contributed by atoms with van der Waals surface area (Å²) >= 11 is 0. The van der Waals surface area contributed by atoms with Crippen molar-refractivity contribution in [2.24, 2.45) is 34.5 Å². The molecule has 4 aliphatic carbocycles. The van der Waals surface area contributed by atoms with Crippen LogP contribution in [0.2, 0.25) is 0 Å². The Kier molecular flexibility index (Phi) is 5.27. The fourth-order valence-electron chi connectivity index (χ4n) is 8.07. The van der Waals surface area contributed by atoms with E-state index in [9.17, 15) is 23.1 Å². The molecule has 0 amide bonds. The van der Waals surface area contributed by atoms with Crippen molar-refractivity contribution in [3.05, 3.63) is 47.2 Å². The summed E-state index contributed by atoms with van der Waals surface area (Å²) in [7, 11) is 0. The lowest BCUT2D eigenvalue weighted by Gasteiger charge is -2.52. The van der Waals surface area contributed by atoms with Gasteiger partial charge in [0, 0.05) is 18.2 Å². The molecule has 0 aromatic carbocycles. The number of carbonyl (C=O) groups is 1. The van der Waals surface area contributed by atoms with E-state index in [2.05, 4.69) is 18.8 Å². The first kappa shape index (κ1) is 26.0. The maximum atomic E-state index is 14.7. The Morgan fingerprint density at radius 3 is 2.61 bits per heavy atom. The van der Waals surface area contributed by atoms with Gasteiger partial charge in [0.2, 0.25) is 5.88 Å². The molecule has 2 bridgehead atoms. The summed E-state index contributed by atoms with van der Waals surface area (Å²) in [6.45, 7) is 11.8. The van der Waals surface area contributed by atoms with E-state index >= 15 is 0 Å². The largest absolute Gasteiger partial charge is 0.467 e. The minimum atomic E-state index is -4.58. The summed E-state index contributed by atoms with van der Waals surface area (Å²) in [5.74, 6) is -1.69. The highest BCUT2D eigenvalue weighted by molar-refractivity contribution is 5.95. The Labute approximate surface area is 220 Å². The first-order valence-corrected chi connectivity index (χ1v) is 13.2. The Hall–Kier alpha value is -2.23. The van der Waals surface area contributed by atoms with Crippen LogP contribution >= 0.6 is 0 Å². The Morgan fingerprint density at radius 2 is 1.92 bits per heavy atom. The van der Waals surface area contributed by atoms with Gasteiger partial charge in [-0.05, 0) is 67.6 Å². The average molecular weight is 534 g/mol. The molecular weight excluding hydrogens is 499 g/mol. The molecule has 1 aromatic heterocycles. The normalized spacial score (nSPS) is 42.5. The van der Waals surface area contributed by atoms with Gasteiger partial charge < -0.3 is 19.3 Å². The number of allylic oxidation sites excluding steroid dienone is 1. The zero-order valence-corrected chi connectivity index (χ0v) is 22.4. The van der Waals surface area contributed by atoms with Gasteiger partial charge in [-0.15, -0.1) is 0 Å². The second-order valence-electron chi connectivity index (χ2n) is 12.9. The average Bonchev–Trinajstić information content (AvgIpc) is 3.31. The first-order valence-electron chi connectivity index (χ1n) is 13.2. The van der Waals surface area contributed by atoms with Crippen molar-refractivity contribution in [1.82, 2.24) is 4.98 Å². The number of aliphatic hydroxyl groups is 1. The monoisotopic (exact) mass is 533 g/mol. The number of Topliss-reactive ketones (excluding diaryl/α,β-unsaturated/α-hetero) is 1. The highest BCUT2D eigenvalue weighted by Crippen LogP contribution is 2.72. The molecule has 1 aliphatic heterocycles. The number of pyridine rings is 1. The summed E-state index contributed by atoms with van der Waals surface area (Å²) in [5, 5.41) is 13.0. The Morgan fingerprint density at radius 1 is 1.21 bits per heavy atom. The number of carbonyl (C=O) groups excluding carboxylic acids is 1. The molecule has 9 heteroatoms. The number of halogens is 3. The predicted octanol–water partition coefficient (Wildman–Crippen LogP) is 5.11. The lowest BCUT2D eigenvalue weighted by molar-refractivity contribution is -0.301. The second-order valence-corrected chi connectivity index (χ2v) is 12.9. The summed E-state index contributed by atoms with van der Waals surface area (Å²) in [6.07, 6.45) is -1.20. The van der Waals surface area contributed by atoms with Crippen molar-refractivity contribution in [3.8, 4) is 5.88 Å². The van der Waals surface area contributed by atoms with Crippen molar-refractivity contribution >= 4 is 5.78 Å². The van der Waals surface area contributed by atoms with Gasteiger partial charge in [0.05, 0.1) is 17.6 Å². The standard InChI is InChI=1S/C29H34F3NO5/c1-14-12-27-15(2)9-19-21(25(19,3)4)18(22(27)34)10-16-13-36-26(5,6)38-24(16)28(27,35)23(14)37-20-11-17(7-8-33-20)29(30,31)32/h7-8,10-12,15,18-19,21,23-24,35H,9,13H2,1-6H3/t15-,18+,19-,21+,23+,24-,27+,28-/m1/s1. The number of ether oxygens (including phenoxy) is 3. The van der Waals surface area contributed by atoms with Gasteiger partial charge in [0.15, 0.2) is 23.3 Å². The van der Waals surface area contributed by atoms with E-state index in [1.807, 2.05) is 19.1 Å². The van der Waals surface area contributed by atoms with Crippen LogP contribution in [0.3, 0.4) is 0 Å². The molecule has 38 heavy (non-hydrogen) atoms. The van der Waals surface area contributed by atoms with Gasteiger partial charge in [0.25, 0.3) is 0 Å². The SMILES string of the molecule is CC1=C[C@]23C(=O)[C@@H](C=C4COC(C)(C)O[C@H]4[C@]2(O)[C@H]1Oc1cc(C(F)(F)F)ccn1)[C@H]1[C@@H](C[C@H]3C)C1(C)C. The second kappa shape index (κ2) is 7.70. The van der Waals surface area contributed by atoms with Crippen LogP contribution in [-0.2, 0) is 20.4 Å². The third-order valence-electron chi connectivity index (χ3n) is 9.97. The van der Waals surface area contributed by atoms with E-state index in [0.717, 1.165) is 24.8 Å². The maximum Gasteiger partial charge on any atom is 0.416 e. The number of hydrogen-bond acceptors (Lipinski definition) is 6. The minimum absolute atomic E-state index is 0.0178. The zero-order valence-electron chi connectivity index (χ0n) is 22.4. The van der Waals surface area contributed by atoms with Crippen LogP contribution < -0.4 is 4.74 Å². The number of nitrogens with zero attached hydrogens (tertiary/aromatic N) is 1. The molecule has 1 aromatic rings. The molecule has 1 spiro atoms. The van der Waals surface area contributed by atoms with E-state index in [4.69, 9.17) is 14.2 Å². The topological polar surface area (TPSA) is 77.9 Å². The van der Waals surface area contributed by atoms with Crippen LogP contribution in [-0.4, -0.2) is 46.1 Å². The number of rotatable bonds is 2. The molecule has 0 radical (unpaired) electrons. The van der Waals surface area contributed by atoms with Gasteiger partial charge in [-0.3, -0.25) is 4.79 Å². The lowest BCUT2D eigenvalue weighted by atomic mass is 9.59. The van der Waals surface area contributed by atoms with Gasteiger partial charge in [-0.25, -0.2) is 4.98 Å². The molecule has 2 saturated carbocycles. The third kappa shape index (κ3) is 3.30. The van der Waals surface area contributed by atoms with Crippen LogP contribution in [0.1, 0.15) is 53.5 Å². The summed E-state index contributed by atoms with van der Waals surface area (Å²) in [4.78, 5) is 18.7. The number of aromatic nitrogens is 1. The molecule has 6 nitrogen and oxygen atoms in total. The van der Waals surface area contributed by atoms with E-state index in [1.54, 1.807) is 20.8 Å². The van der Waals surface area contributed by atoms with Crippen molar-refractivity contribution in [1.29, 1.82) is 0 Å². The van der Waals surface area contributed by atoms with E-state index in [0.29, 0.717) is 17.1 Å². The Bertz CT molecular complexity index is 1270.